The lowest BCUT2D eigenvalue weighted by molar-refractivity contribution is -0.172. The molecule has 4 rings (SSSR count). The van der Waals surface area contributed by atoms with E-state index in [1.165, 1.54) is 37.7 Å². The highest BCUT2D eigenvalue weighted by atomic mass is 16.3. The average molecular weight is 306 g/mol. The van der Waals surface area contributed by atoms with Gasteiger partial charge in [-0.05, 0) is 96.3 Å². The van der Waals surface area contributed by atoms with E-state index < -0.39 is 0 Å². The molecule has 22 heavy (non-hydrogen) atoms. The quantitative estimate of drug-likeness (QED) is 0.711. The summed E-state index contributed by atoms with van der Waals surface area (Å²) in [4.78, 5) is 0. The second-order valence-electron chi connectivity index (χ2n) is 9.20. The van der Waals surface area contributed by atoms with Crippen molar-refractivity contribution in [2.75, 3.05) is 0 Å². The standard InChI is InChI=1S/C20H35NO/c1-14(2)6-5-7-15(3)21-16(4)19-9-17-8-18(10-19)12-20(22,11-17)13-19/h6,15-18,21-22H,5,7-13H2,1-4H3/t15-,16+,17-,18-,19?,20?/m0/s1. The van der Waals surface area contributed by atoms with Gasteiger partial charge in [0.15, 0.2) is 0 Å². The monoisotopic (exact) mass is 305 g/mol. The summed E-state index contributed by atoms with van der Waals surface area (Å²) in [6.45, 7) is 9.06. The van der Waals surface area contributed by atoms with E-state index in [2.05, 4.69) is 39.1 Å². The van der Waals surface area contributed by atoms with Gasteiger partial charge in [0.05, 0.1) is 5.60 Å². The second-order valence-corrected chi connectivity index (χ2v) is 9.20. The molecule has 0 aromatic carbocycles. The lowest BCUT2D eigenvalue weighted by Gasteiger charge is -2.62. The van der Waals surface area contributed by atoms with Crippen molar-refractivity contribution in [3.63, 3.8) is 0 Å². The Hall–Kier alpha value is -0.340. The summed E-state index contributed by atoms with van der Waals surface area (Å²) in [5.74, 6) is 1.58. The molecule has 0 heterocycles. The molecular weight excluding hydrogens is 270 g/mol. The molecule has 0 aromatic rings. The van der Waals surface area contributed by atoms with Gasteiger partial charge in [0.25, 0.3) is 0 Å². The molecular formula is C20H35NO. The molecule has 2 heteroatoms. The highest BCUT2D eigenvalue weighted by molar-refractivity contribution is 5.11. The molecule has 4 atom stereocenters. The number of nitrogens with one attached hydrogen (secondary N) is 1. The minimum atomic E-state index is -0.328. The predicted octanol–water partition coefficient (Wildman–Crippen LogP) is 4.43. The number of hydrogen-bond donors (Lipinski definition) is 2. The van der Waals surface area contributed by atoms with Gasteiger partial charge in [-0.15, -0.1) is 0 Å². The zero-order valence-corrected chi connectivity index (χ0v) is 15.0. The molecule has 4 bridgehead atoms. The van der Waals surface area contributed by atoms with Gasteiger partial charge >= 0.3 is 0 Å². The molecule has 0 saturated heterocycles. The van der Waals surface area contributed by atoms with Gasteiger partial charge in [0.1, 0.15) is 0 Å². The van der Waals surface area contributed by atoms with Crippen LogP contribution in [-0.4, -0.2) is 22.8 Å². The highest BCUT2D eigenvalue weighted by Crippen LogP contribution is 2.62. The Balaban J connectivity index is 1.60. The first-order valence-electron chi connectivity index (χ1n) is 9.42. The summed E-state index contributed by atoms with van der Waals surface area (Å²) in [6, 6.07) is 1.10. The summed E-state index contributed by atoms with van der Waals surface area (Å²) < 4.78 is 0. The zero-order chi connectivity index (χ0) is 16.0. The van der Waals surface area contributed by atoms with Crippen molar-refractivity contribution in [3.8, 4) is 0 Å². The van der Waals surface area contributed by atoms with E-state index in [-0.39, 0.29) is 5.60 Å². The molecule has 126 valence electrons. The van der Waals surface area contributed by atoms with Gasteiger partial charge in [-0.2, -0.15) is 0 Å². The Morgan fingerprint density at radius 2 is 1.82 bits per heavy atom. The topological polar surface area (TPSA) is 32.3 Å². The highest BCUT2D eigenvalue weighted by Gasteiger charge is 2.58. The predicted molar refractivity (Wildman–Crippen MR) is 92.8 cm³/mol. The van der Waals surface area contributed by atoms with Gasteiger partial charge in [0.2, 0.25) is 0 Å². The molecule has 0 unspecified atom stereocenters. The number of allylic oxidation sites excluding steroid dienone is 2. The fourth-order valence-corrected chi connectivity index (χ4v) is 6.10. The van der Waals surface area contributed by atoms with Crippen LogP contribution in [0.4, 0.5) is 0 Å². The van der Waals surface area contributed by atoms with Crippen LogP contribution >= 0.6 is 0 Å². The molecule has 0 aliphatic heterocycles. The van der Waals surface area contributed by atoms with E-state index in [9.17, 15) is 5.11 Å². The first kappa shape index (κ1) is 16.5. The Bertz CT molecular complexity index is 423. The van der Waals surface area contributed by atoms with E-state index in [0.717, 1.165) is 31.1 Å². The van der Waals surface area contributed by atoms with Gasteiger partial charge in [-0.3, -0.25) is 0 Å². The molecule has 4 saturated carbocycles. The Morgan fingerprint density at radius 1 is 1.18 bits per heavy atom. The van der Waals surface area contributed by atoms with Crippen LogP contribution < -0.4 is 5.32 Å². The third-order valence-electron chi connectivity index (χ3n) is 6.68. The molecule has 2 nitrogen and oxygen atoms in total. The molecule has 0 radical (unpaired) electrons. The van der Waals surface area contributed by atoms with Crippen LogP contribution in [0.1, 0.15) is 79.1 Å². The van der Waals surface area contributed by atoms with Crippen molar-refractivity contribution in [2.45, 2.75) is 96.7 Å². The molecule has 4 aliphatic rings. The van der Waals surface area contributed by atoms with Crippen LogP contribution in [0, 0.1) is 17.3 Å². The SMILES string of the molecule is CC(C)=CCC[C@H](C)N[C@H](C)C12C[C@@H]3C[C@H](CC(O)(C3)C1)C2. The van der Waals surface area contributed by atoms with Crippen molar-refractivity contribution in [1.82, 2.24) is 5.32 Å². The number of aliphatic hydroxyl groups is 1. The first-order chi connectivity index (χ1) is 10.3. The largest absolute Gasteiger partial charge is 0.390 e. The van der Waals surface area contributed by atoms with Crippen molar-refractivity contribution in [2.24, 2.45) is 17.3 Å². The van der Waals surface area contributed by atoms with Crippen LogP contribution in [0.25, 0.3) is 0 Å². The van der Waals surface area contributed by atoms with Crippen LogP contribution in [0.2, 0.25) is 0 Å². The molecule has 0 spiro atoms. The van der Waals surface area contributed by atoms with Gasteiger partial charge in [-0.1, -0.05) is 11.6 Å². The molecule has 4 aliphatic carbocycles. The van der Waals surface area contributed by atoms with Crippen LogP contribution in [0.15, 0.2) is 11.6 Å². The van der Waals surface area contributed by atoms with E-state index in [0.29, 0.717) is 17.5 Å². The second kappa shape index (κ2) is 5.94. The summed E-state index contributed by atoms with van der Waals surface area (Å²) in [6.07, 6.45) is 12.0. The molecule has 4 fully saturated rings. The van der Waals surface area contributed by atoms with E-state index in [4.69, 9.17) is 0 Å². The molecule has 2 N–H and O–H groups in total. The minimum absolute atomic E-state index is 0.328. The van der Waals surface area contributed by atoms with Crippen molar-refractivity contribution >= 4 is 0 Å². The maximum Gasteiger partial charge on any atom is 0.0659 e. The number of hydrogen-bond acceptors (Lipinski definition) is 2. The van der Waals surface area contributed by atoms with Crippen LogP contribution in [0.3, 0.4) is 0 Å². The molecule has 0 amide bonds. The fraction of sp³-hybridized carbons (Fsp3) is 0.900. The van der Waals surface area contributed by atoms with E-state index in [1.807, 2.05) is 0 Å². The third-order valence-corrected chi connectivity index (χ3v) is 6.68. The normalized spacial score (nSPS) is 42.2. The van der Waals surface area contributed by atoms with Crippen LogP contribution in [-0.2, 0) is 0 Å². The molecule has 0 aromatic heterocycles. The maximum atomic E-state index is 10.9. The van der Waals surface area contributed by atoms with E-state index in [1.54, 1.807) is 0 Å². The Morgan fingerprint density at radius 3 is 2.36 bits per heavy atom. The van der Waals surface area contributed by atoms with Crippen LogP contribution in [0.5, 0.6) is 0 Å². The summed E-state index contributed by atoms with van der Waals surface area (Å²) in [5.41, 5.74) is 1.46. The maximum absolute atomic E-state index is 10.9. The average Bonchev–Trinajstić information content (AvgIpc) is 2.34. The smallest absolute Gasteiger partial charge is 0.0659 e. The summed E-state index contributed by atoms with van der Waals surface area (Å²) in [7, 11) is 0. The Labute approximate surface area is 136 Å². The lowest BCUT2D eigenvalue weighted by atomic mass is 9.46. The number of rotatable bonds is 6. The van der Waals surface area contributed by atoms with Gasteiger partial charge in [-0.25, -0.2) is 0 Å². The third kappa shape index (κ3) is 3.28. The lowest BCUT2D eigenvalue weighted by Crippen LogP contribution is -2.61. The van der Waals surface area contributed by atoms with Gasteiger partial charge < -0.3 is 10.4 Å². The first-order valence-corrected chi connectivity index (χ1v) is 9.42. The minimum Gasteiger partial charge on any atom is -0.390 e. The van der Waals surface area contributed by atoms with Gasteiger partial charge in [0, 0.05) is 12.1 Å². The summed E-state index contributed by atoms with van der Waals surface area (Å²) in [5, 5.41) is 14.8. The summed E-state index contributed by atoms with van der Waals surface area (Å²) >= 11 is 0. The van der Waals surface area contributed by atoms with Crippen molar-refractivity contribution < 1.29 is 5.11 Å². The van der Waals surface area contributed by atoms with E-state index >= 15 is 0 Å². The Kier molecular flexibility index (Phi) is 4.46. The zero-order valence-electron chi connectivity index (χ0n) is 15.0. The van der Waals surface area contributed by atoms with Crippen molar-refractivity contribution in [3.05, 3.63) is 11.6 Å². The fourth-order valence-electron chi connectivity index (χ4n) is 6.10. The van der Waals surface area contributed by atoms with Crippen molar-refractivity contribution in [1.29, 1.82) is 0 Å².